The summed E-state index contributed by atoms with van der Waals surface area (Å²) < 4.78 is 12.3. The van der Waals surface area contributed by atoms with Gasteiger partial charge in [0.05, 0.1) is 12.5 Å². The Morgan fingerprint density at radius 3 is 2.57 bits per heavy atom. The van der Waals surface area contributed by atoms with E-state index in [9.17, 15) is 9.59 Å². The Morgan fingerprint density at radius 2 is 1.81 bits per heavy atom. The fraction of sp³-hybridized carbons (Fsp3) is 0.179. The predicted octanol–water partition coefficient (Wildman–Crippen LogP) is 4.69. The van der Waals surface area contributed by atoms with E-state index >= 15 is 0 Å². The van der Waals surface area contributed by atoms with E-state index in [-0.39, 0.29) is 29.3 Å². The molecular weight excluding hydrogens is 470 g/mol. The van der Waals surface area contributed by atoms with Crippen LogP contribution in [0.1, 0.15) is 16.8 Å². The monoisotopic (exact) mass is 495 g/mol. The number of amides is 1. The van der Waals surface area contributed by atoms with Crippen LogP contribution in [0.15, 0.2) is 70.1 Å². The van der Waals surface area contributed by atoms with Crippen molar-refractivity contribution in [3.63, 3.8) is 0 Å². The lowest BCUT2D eigenvalue weighted by Crippen LogP contribution is -2.22. The van der Waals surface area contributed by atoms with Gasteiger partial charge in [-0.05, 0) is 74.4 Å². The van der Waals surface area contributed by atoms with Crippen LogP contribution in [0.2, 0.25) is 0 Å². The number of aryl methyl sites for hydroxylation is 2. The lowest BCUT2D eigenvalue weighted by atomic mass is 10.1. The highest BCUT2D eigenvalue weighted by atomic mass is 16.5. The second kappa shape index (κ2) is 9.69. The minimum Gasteiger partial charge on any atom is -0.497 e. The topological polar surface area (TPSA) is 112 Å². The summed E-state index contributed by atoms with van der Waals surface area (Å²) in [5.41, 5.74) is 4.52. The molecular formula is C28H25N5O4. The van der Waals surface area contributed by atoms with Gasteiger partial charge >= 0.3 is 0 Å². The molecule has 37 heavy (non-hydrogen) atoms. The van der Waals surface area contributed by atoms with Gasteiger partial charge < -0.3 is 19.1 Å². The summed E-state index contributed by atoms with van der Waals surface area (Å²) in [4.78, 5) is 35.4. The first-order valence-electron chi connectivity index (χ1n) is 11.7. The van der Waals surface area contributed by atoms with Crippen LogP contribution in [0, 0.1) is 20.8 Å². The smallest absolute Gasteiger partial charge is 0.263 e. The number of aromatic nitrogens is 4. The standard InChI is InChI=1S/C28H25N5O4/c1-16-6-5-7-23(18(16)3)30-24(34)15-33-14-22(25(35)21-13-8-17(2)29-27(21)33)28-31-26(32-37-28)19-9-11-20(36-4)12-10-19/h5-14H,15H2,1-4H3,(H,30,34). The summed E-state index contributed by atoms with van der Waals surface area (Å²) in [6.45, 7) is 5.72. The lowest BCUT2D eigenvalue weighted by molar-refractivity contribution is -0.116. The van der Waals surface area contributed by atoms with E-state index in [1.54, 1.807) is 54.3 Å². The number of hydrogen-bond donors (Lipinski definition) is 1. The van der Waals surface area contributed by atoms with Crippen LogP contribution in [0.3, 0.4) is 0 Å². The molecule has 3 aromatic heterocycles. The number of ether oxygens (including phenoxy) is 1. The van der Waals surface area contributed by atoms with E-state index in [0.717, 1.165) is 22.5 Å². The van der Waals surface area contributed by atoms with E-state index in [0.29, 0.717) is 28.2 Å². The summed E-state index contributed by atoms with van der Waals surface area (Å²) in [5.74, 6) is 0.838. The van der Waals surface area contributed by atoms with Crippen LogP contribution in [0.4, 0.5) is 5.69 Å². The van der Waals surface area contributed by atoms with Crippen molar-refractivity contribution in [2.24, 2.45) is 0 Å². The molecule has 0 bridgehead atoms. The molecule has 2 aromatic carbocycles. The molecule has 0 fully saturated rings. The molecule has 3 heterocycles. The second-order valence-corrected chi connectivity index (χ2v) is 8.77. The van der Waals surface area contributed by atoms with Crippen LogP contribution >= 0.6 is 0 Å². The first kappa shape index (κ1) is 23.9. The quantitative estimate of drug-likeness (QED) is 0.364. The highest BCUT2D eigenvalue weighted by Gasteiger charge is 2.19. The van der Waals surface area contributed by atoms with Gasteiger partial charge in [-0.1, -0.05) is 17.3 Å². The highest BCUT2D eigenvalue weighted by molar-refractivity contribution is 5.92. The van der Waals surface area contributed by atoms with Gasteiger partial charge in [0.1, 0.15) is 23.5 Å². The van der Waals surface area contributed by atoms with Crippen molar-refractivity contribution in [1.29, 1.82) is 0 Å². The molecule has 0 spiro atoms. The highest BCUT2D eigenvalue weighted by Crippen LogP contribution is 2.24. The van der Waals surface area contributed by atoms with Gasteiger partial charge in [-0.25, -0.2) is 4.98 Å². The Kier molecular flexibility index (Phi) is 6.27. The maximum absolute atomic E-state index is 13.4. The third kappa shape index (κ3) is 4.71. The molecule has 0 unspecified atom stereocenters. The maximum atomic E-state index is 13.4. The average molecular weight is 496 g/mol. The molecule has 0 aliphatic carbocycles. The van der Waals surface area contributed by atoms with Crippen LogP contribution in [0.5, 0.6) is 5.75 Å². The largest absolute Gasteiger partial charge is 0.497 e. The van der Waals surface area contributed by atoms with E-state index < -0.39 is 0 Å². The summed E-state index contributed by atoms with van der Waals surface area (Å²) in [6.07, 6.45) is 1.55. The number of carbonyl (C=O) groups excluding carboxylic acids is 1. The maximum Gasteiger partial charge on any atom is 0.263 e. The molecule has 9 nitrogen and oxygen atoms in total. The van der Waals surface area contributed by atoms with Gasteiger partial charge in [0.25, 0.3) is 5.89 Å². The zero-order valence-corrected chi connectivity index (χ0v) is 20.9. The summed E-state index contributed by atoms with van der Waals surface area (Å²) >= 11 is 0. The van der Waals surface area contributed by atoms with Gasteiger partial charge in [0.2, 0.25) is 17.2 Å². The number of pyridine rings is 2. The van der Waals surface area contributed by atoms with Crippen LogP contribution < -0.4 is 15.5 Å². The van der Waals surface area contributed by atoms with Crippen LogP contribution in [0.25, 0.3) is 33.9 Å². The lowest BCUT2D eigenvalue weighted by Gasteiger charge is -2.14. The van der Waals surface area contributed by atoms with Gasteiger partial charge in [0.15, 0.2) is 0 Å². The third-order valence-corrected chi connectivity index (χ3v) is 6.26. The number of anilines is 1. The first-order chi connectivity index (χ1) is 17.8. The number of fused-ring (bicyclic) bond motifs is 1. The molecule has 5 aromatic rings. The Labute approximate surface area is 212 Å². The number of methoxy groups -OCH3 is 1. The number of nitrogens with zero attached hydrogens (tertiary/aromatic N) is 4. The van der Waals surface area contributed by atoms with E-state index in [1.807, 2.05) is 39.0 Å². The van der Waals surface area contributed by atoms with Crippen molar-refractivity contribution in [1.82, 2.24) is 19.7 Å². The molecule has 0 saturated carbocycles. The van der Waals surface area contributed by atoms with Crippen molar-refractivity contribution in [3.05, 3.63) is 87.8 Å². The van der Waals surface area contributed by atoms with Crippen LogP contribution in [-0.4, -0.2) is 32.7 Å². The molecule has 9 heteroatoms. The normalized spacial score (nSPS) is 11.0. The van der Waals surface area contributed by atoms with E-state index in [2.05, 4.69) is 20.4 Å². The van der Waals surface area contributed by atoms with Crippen molar-refractivity contribution >= 4 is 22.6 Å². The second-order valence-electron chi connectivity index (χ2n) is 8.77. The summed E-state index contributed by atoms with van der Waals surface area (Å²) in [7, 11) is 1.59. The molecule has 0 aliphatic heterocycles. The number of rotatable bonds is 6. The predicted molar refractivity (Wildman–Crippen MR) is 141 cm³/mol. The third-order valence-electron chi connectivity index (χ3n) is 6.26. The number of hydrogen-bond acceptors (Lipinski definition) is 7. The van der Waals surface area contributed by atoms with Crippen molar-refractivity contribution < 1.29 is 14.1 Å². The zero-order valence-electron chi connectivity index (χ0n) is 20.9. The average Bonchev–Trinajstić information content (AvgIpc) is 3.38. The Balaban J connectivity index is 1.54. The Hall–Kier alpha value is -4.79. The first-order valence-corrected chi connectivity index (χ1v) is 11.7. The zero-order chi connectivity index (χ0) is 26.1. The van der Waals surface area contributed by atoms with E-state index in [1.165, 1.54) is 0 Å². The number of nitrogens with one attached hydrogen (secondary N) is 1. The van der Waals surface area contributed by atoms with E-state index in [4.69, 9.17) is 9.26 Å². The molecule has 0 saturated heterocycles. The SMILES string of the molecule is COc1ccc(-c2noc(-c3cn(CC(=O)Nc4cccc(C)c4C)c4nc(C)ccc4c3=O)n2)cc1. The number of benzene rings is 2. The Morgan fingerprint density at radius 1 is 1.03 bits per heavy atom. The van der Waals surface area contributed by atoms with Gasteiger partial charge in [-0.15, -0.1) is 0 Å². The molecule has 0 atom stereocenters. The fourth-order valence-electron chi connectivity index (χ4n) is 4.05. The Bertz CT molecular complexity index is 1690. The van der Waals surface area contributed by atoms with Gasteiger partial charge in [-0.2, -0.15) is 4.98 Å². The minimum absolute atomic E-state index is 0.0574. The molecule has 186 valence electrons. The van der Waals surface area contributed by atoms with Crippen molar-refractivity contribution in [3.8, 4) is 28.6 Å². The molecule has 0 radical (unpaired) electrons. The fourth-order valence-corrected chi connectivity index (χ4v) is 4.05. The number of carbonyl (C=O) groups is 1. The summed E-state index contributed by atoms with van der Waals surface area (Å²) in [5, 5.41) is 7.36. The molecule has 0 aliphatic rings. The minimum atomic E-state index is -0.307. The van der Waals surface area contributed by atoms with Crippen molar-refractivity contribution in [2.75, 3.05) is 12.4 Å². The molecule has 1 N–H and O–H groups in total. The van der Waals surface area contributed by atoms with Crippen molar-refractivity contribution in [2.45, 2.75) is 27.3 Å². The van der Waals surface area contributed by atoms with Gasteiger partial charge in [0, 0.05) is 23.1 Å². The summed E-state index contributed by atoms with van der Waals surface area (Å²) in [6, 6.07) is 16.4. The molecule has 5 rings (SSSR count). The molecule has 1 amide bonds. The van der Waals surface area contributed by atoms with Crippen LogP contribution in [-0.2, 0) is 11.3 Å². The van der Waals surface area contributed by atoms with Gasteiger partial charge in [-0.3, -0.25) is 9.59 Å².